The fourth-order valence-electron chi connectivity index (χ4n) is 1.06. The second kappa shape index (κ2) is 2.51. The van der Waals surface area contributed by atoms with Crippen molar-refractivity contribution in [2.45, 2.75) is 45.4 Å². The fraction of sp³-hybridized carbons (Fsp3) is 0.818. The molecule has 1 rings (SSSR count). The Bertz CT molecular complexity index is 246. The summed E-state index contributed by atoms with van der Waals surface area (Å²) in [5, 5.41) is 0. The van der Waals surface area contributed by atoms with Crippen molar-refractivity contribution in [1.29, 1.82) is 0 Å². The molecule has 1 saturated carbocycles. The zero-order chi connectivity index (χ0) is 9.62. The van der Waals surface area contributed by atoms with Crippen LogP contribution in [0, 0.1) is 22.7 Å². The topological polar surface area (TPSA) is 0 Å². The summed E-state index contributed by atoms with van der Waals surface area (Å²) < 4.78 is 0.104. The lowest BCUT2D eigenvalue weighted by Gasteiger charge is -2.09. The zero-order valence-corrected chi connectivity index (χ0v) is 10.2. The van der Waals surface area contributed by atoms with Gasteiger partial charge < -0.3 is 0 Å². The minimum absolute atomic E-state index is 0.104. The van der Waals surface area contributed by atoms with Crippen LogP contribution in [-0.4, -0.2) is 4.32 Å². The first-order valence-electron chi connectivity index (χ1n) is 4.40. The summed E-state index contributed by atoms with van der Waals surface area (Å²) in [6.45, 7) is 10.9. The molecule has 1 fully saturated rings. The Morgan fingerprint density at radius 1 is 1.25 bits per heavy atom. The van der Waals surface area contributed by atoms with Gasteiger partial charge in [0.15, 0.2) is 0 Å². The summed E-state index contributed by atoms with van der Waals surface area (Å²) in [6.07, 6.45) is 1.17. The lowest BCUT2D eigenvalue weighted by Crippen LogP contribution is -2.06. The van der Waals surface area contributed by atoms with Gasteiger partial charge >= 0.3 is 0 Å². The average molecular weight is 229 g/mol. The van der Waals surface area contributed by atoms with Crippen molar-refractivity contribution in [1.82, 2.24) is 0 Å². The normalized spacial score (nSPS) is 32.2. The van der Waals surface area contributed by atoms with Crippen LogP contribution in [0.15, 0.2) is 0 Å². The van der Waals surface area contributed by atoms with Gasteiger partial charge in [-0.3, -0.25) is 0 Å². The van der Waals surface area contributed by atoms with Crippen molar-refractivity contribution >= 4 is 15.9 Å². The van der Waals surface area contributed by atoms with Gasteiger partial charge in [-0.2, -0.15) is 0 Å². The first-order chi connectivity index (χ1) is 5.16. The van der Waals surface area contributed by atoms with Gasteiger partial charge in [-0.25, -0.2) is 0 Å². The molecular weight excluding hydrogens is 212 g/mol. The molecule has 0 aliphatic heterocycles. The zero-order valence-electron chi connectivity index (χ0n) is 8.59. The average Bonchev–Trinajstić information content (AvgIpc) is 2.28. The van der Waals surface area contributed by atoms with Gasteiger partial charge in [-0.05, 0) is 32.6 Å². The molecule has 0 aromatic heterocycles. The predicted molar refractivity (Wildman–Crippen MR) is 57.3 cm³/mol. The van der Waals surface area contributed by atoms with Gasteiger partial charge in [0.05, 0.1) is 4.32 Å². The number of halogens is 1. The quantitative estimate of drug-likeness (QED) is 0.439. The van der Waals surface area contributed by atoms with Crippen molar-refractivity contribution in [2.75, 3.05) is 0 Å². The van der Waals surface area contributed by atoms with E-state index >= 15 is 0 Å². The Balaban J connectivity index is 2.70. The standard InChI is InChI=1S/C11H17Br/c1-9(2,3)6-7-11(12)8-10(11,4)5/h8H2,1-5H3. The summed E-state index contributed by atoms with van der Waals surface area (Å²) in [4.78, 5) is 0. The van der Waals surface area contributed by atoms with Crippen LogP contribution in [0.1, 0.15) is 41.0 Å². The molecule has 0 bridgehead atoms. The van der Waals surface area contributed by atoms with Gasteiger partial charge in [-0.15, -0.1) is 0 Å². The third-order valence-corrected chi connectivity index (χ3v) is 3.82. The van der Waals surface area contributed by atoms with Gasteiger partial charge in [0.1, 0.15) is 0 Å². The summed E-state index contributed by atoms with van der Waals surface area (Å²) in [7, 11) is 0. The lowest BCUT2D eigenvalue weighted by molar-refractivity contribution is 0.568. The highest BCUT2D eigenvalue weighted by atomic mass is 79.9. The number of alkyl halides is 1. The van der Waals surface area contributed by atoms with Crippen molar-refractivity contribution in [3.05, 3.63) is 0 Å². The molecule has 0 amide bonds. The van der Waals surface area contributed by atoms with E-state index in [1.807, 2.05) is 0 Å². The summed E-state index contributed by atoms with van der Waals surface area (Å²) in [5.41, 5.74) is 0.491. The van der Waals surface area contributed by atoms with Gasteiger partial charge in [-0.1, -0.05) is 41.6 Å². The molecule has 1 aliphatic rings. The highest BCUT2D eigenvalue weighted by molar-refractivity contribution is 9.10. The van der Waals surface area contributed by atoms with Crippen LogP contribution in [0.3, 0.4) is 0 Å². The first-order valence-corrected chi connectivity index (χ1v) is 5.19. The van der Waals surface area contributed by atoms with E-state index in [4.69, 9.17) is 0 Å². The molecule has 12 heavy (non-hydrogen) atoms. The van der Waals surface area contributed by atoms with Gasteiger partial charge in [0.25, 0.3) is 0 Å². The Labute approximate surface area is 84.2 Å². The minimum atomic E-state index is 0.104. The molecule has 0 aromatic rings. The Kier molecular flexibility index (Phi) is 2.12. The molecule has 0 N–H and O–H groups in total. The second-order valence-corrected chi connectivity index (χ2v) is 6.72. The summed E-state index contributed by atoms with van der Waals surface area (Å²) in [5.74, 6) is 6.61. The van der Waals surface area contributed by atoms with E-state index in [1.54, 1.807) is 0 Å². The van der Waals surface area contributed by atoms with Crippen LogP contribution in [0.5, 0.6) is 0 Å². The maximum Gasteiger partial charge on any atom is 0.0919 e. The molecule has 1 aliphatic carbocycles. The maximum atomic E-state index is 3.69. The highest BCUT2D eigenvalue weighted by Gasteiger charge is 2.58. The third-order valence-electron chi connectivity index (χ3n) is 2.27. The Morgan fingerprint density at radius 3 is 1.92 bits per heavy atom. The summed E-state index contributed by atoms with van der Waals surface area (Å²) in [6, 6.07) is 0. The molecule has 0 heterocycles. The van der Waals surface area contributed by atoms with E-state index in [2.05, 4.69) is 62.4 Å². The first kappa shape index (κ1) is 10.1. The molecule has 1 atom stereocenters. The van der Waals surface area contributed by atoms with Gasteiger partial charge in [0.2, 0.25) is 0 Å². The van der Waals surface area contributed by atoms with Crippen LogP contribution >= 0.6 is 15.9 Å². The van der Waals surface area contributed by atoms with Crippen LogP contribution < -0.4 is 0 Å². The molecular formula is C11H17Br. The van der Waals surface area contributed by atoms with Crippen molar-refractivity contribution in [3.8, 4) is 11.8 Å². The van der Waals surface area contributed by atoms with Crippen LogP contribution in [0.4, 0.5) is 0 Å². The van der Waals surface area contributed by atoms with E-state index in [-0.39, 0.29) is 9.74 Å². The van der Waals surface area contributed by atoms with Crippen molar-refractivity contribution in [2.24, 2.45) is 10.8 Å². The lowest BCUT2D eigenvalue weighted by atomic mass is 9.97. The van der Waals surface area contributed by atoms with Crippen molar-refractivity contribution < 1.29 is 0 Å². The highest BCUT2D eigenvalue weighted by Crippen LogP contribution is 2.61. The van der Waals surface area contributed by atoms with E-state index in [0.29, 0.717) is 5.41 Å². The van der Waals surface area contributed by atoms with Gasteiger partial charge in [0, 0.05) is 5.41 Å². The predicted octanol–water partition coefficient (Wildman–Crippen LogP) is 3.60. The van der Waals surface area contributed by atoms with E-state index in [0.717, 1.165) is 0 Å². The van der Waals surface area contributed by atoms with Crippen LogP contribution in [0.2, 0.25) is 0 Å². The SMILES string of the molecule is CC(C)(C)C#CC1(Br)CC1(C)C. The Hall–Kier alpha value is 0.0400. The van der Waals surface area contributed by atoms with Crippen LogP contribution in [-0.2, 0) is 0 Å². The molecule has 68 valence electrons. The molecule has 0 spiro atoms. The monoisotopic (exact) mass is 228 g/mol. The maximum absolute atomic E-state index is 3.69. The molecule has 0 aromatic carbocycles. The number of hydrogen-bond donors (Lipinski definition) is 0. The second-order valence-electron chi connectivity index (χ2n) is 5.36. The molecule has 1 unspecified atom stereocenters. The third kappa shape index (κ3) is 2.04. The van der Waals surface area contributed by atoms with E-state index < -0.39 is 0 Å². The minimum Gasteiger partial charge on any atom is -0.0959 e. The van der Waals surface area contributed by atoms with Crippen LogP contribution in [0.25, 0.3) is 0 Å². The van der Waals surface area contributed by atoms with Crippen molar-refractivity contribution in [3.63, 3.8) is 0 Å². The molecule has 0 saturated heterocycles. The largest absolute Gasteiger partial charge is 0.0959 e. The summed E-state index contributed by atoms with van der Waals surface area (Å²) >= 11 is 3.69. The number of hydrogen-bond acceptors (Lipinski definition) is 0. The number of rotatable bonds is 0. The molecule has 0 nitrogen and oxygen atoms in total. The smallest absolute Gasteiger partial charge is 0.0919 e. The van der Waals surface area contributed by atoms with E-state index in [9.17, 15) is 0 Å². The fourth-order valence-corrected chi connectivity index (χ4v) is 1.86. The molecule has 0 radical (unpaired) electrons. The van der Waals surface area contributed by atoms with E-state index in [1.165, 1.54) is 6.42 Å². The Morgan fingerprint density at radius 2 is 1.67 bits per heavy atom. The molecule has 1 heteroatoms.